The number of carbonyl (C=O) groups excluding carboxylic acids is 4. The number of Topliss-reactive ketones (excluding diaryl/α,β-unsaturated/α-hetero) is 1. The zero-order valence-corrected chi connectivity index (χ0v) is 18.1. The quantitative estimate of drug-likeness (QED) is 0.402. The van der Waals surface area contributed by atoms with Gasteiger partial charge in [0.05, 0.1) is 30.5 Å². The van der Waals surface area contributed by atoms with Crippen molar-refractivity contribution in [3.05, 3.63) is 45.0 Å². The molecule has 30 heavy (non-hydrogen) atoms. The van der Waals surface area contributed by atoms with Crippen molar-refractivity contribution >= 4 is 23.7 Å². The van der Waals surface area contributed by atoms with E-state index in [9.17, 15) is 19.2 Å². The van der Waals surface area contributed by atoms with Crippen molar-refractivity contribution in [1.82, 2.24) is 9.97 Å². The molecular weight excluding hydrogens is 392 g/mol. The summed E-state index contributed by atoms with van der Waals surface area (Å²) in [4.78, 5) is 55.1. The summed E-state index contributed by atoms with van der Waals surface area (Å²) in [6, 6.07) is 0. The second kappa shape index (κ2) is 8.98. The van der Waals surface area contributed by atoms with Crippen LogP contribution in [0.15, 0.2) is 0 Å². The molecule has 0 amide bonds. The Morgan fingerprint density at radius 1 is 0.833 bits per heavy atom. The van der Waals surface area contributed by atoms with Crippen molar-refractivity contribution in [2.24, 2.45) is 0 Å². The molecule has 0 aliphatic carbocycles. The van der Waals surface area contributed by atoms with Gasteiger partial charge in [-0.3, -0.25) is 4.79 Å². The Labute approximate surface area is 174 Å². The average molecular weight is 418 g/mol. The van der Waals surface area contributed by atoms with Crippen molar-refractivity contribution in [3.8, 4) is 0 Å². The van der Waals surface area contributed by atoms with Crippen LogP contribution in [0.3, 0.4) is 0 Å². The number of methoxy groups -OCH3 is 1. The largest absolute Gasteiger partial charge is 0.465 e. The van der Waals surface area contributed by atoms with Crippen LogP contribution in [-0.2, 0) is 14.2 Å². The van der Waals surface area contributed by atoms with Gasteiger partial charge in [-0.25, -0.2) is 14.4 Å². The minimum Gasteiger partial charge on any atom is -0.465 e. The van der Waals surface area contributed by atoms with Gasteiger partial charge in [0.2, 0.25) is 5.78 Å². The van der Waals surface area contributed by atoms with Gasteiger partial charge in [-0.15, -0.1) is 0 Å². The fourth-order valence-electron chi connectivity index (χ4n) is 3.34. The fraction of sp³-hybridized carbons (Fsp3) is 0.429. The Balaban J connectivity index is 2.25. The van der Waals surface area contributed by atoms with E-state index < -0.39 is 29.8 Å². The number of ketones is 1. The number of carbonyl (C=O) groups is 4. The normalized spacial score (nSPS) is 11.7. The molecule has 0 spiro atoms. The van der Waals surface area contributed by atoms with Gasteiger partial charge in [-0.2, -0.15) is 0 Å². The second-order valence-corrected chi connectivity index (χ2v) is 6.87. The molecule has 0 radical (unpaired) electrons. The van der Waals surface area contributed by atoms with Crippen LogP contribution in [-0.4, -0.2) is 53.5 Å². The zero-order valence-electron chi connectivity index (χ0n) is 18.1. The summed E-state index contributed by atoms with van der Waals surface area (Å²) in [7, 11) is 1.26. The van der Waals surface area contributed by atoms with Gasteiger partial charge in [-0.05, 0) is 52.7 Å². The Morgan fingerprint density at radius 2 is 1.33 bits per heavy atom. The summed E-state index contributed by atoms with van der Waals surface area (Å²) >= 11 is 0. The highest BCUT2D eigenvalue weighted by Gasteiger charge is 2.29. The number of ether oxygens (including phenoxy) is 3. The summed E-state index contributed by atoms with van der Waals surface area (Å²) in [6.45, 7) is 9.83. The van der Waals surface area contributed by atoms with Crippen molar-refractivity contribution < 1.29 is 33.4 Å². The number of H-pyrrole nitrogens is 2. The minimum atomic E-state index is -1.13. The first-order valence-corrected chi connectivity index (χ1v) is 9.43. The maximum atomic E-state index is 12.8. The number of aryl methyl sites for hydroxylation is 2. The van der Waals surface area contributed by atoms with Crippen LogP contribution in [0, 0.1) is 27.7 Å². The van der Waals surface area contributed by atoms with E-state index in [0.717, 1.165) is 0 Å². The highest BCUT2D eigenvalue weighted by Crippen LogP contribution is 2.23. The molecule has 9 heteroatoms. The van der Waals surface area contributed by atoms with Gasteiger partial charge in [-0.1, -0.05) is 0 Å². The van der Waals surface area contributed by atoms with E-state index in [4.69, 9.17) is 14.2 Å². The predicted molar refractivity (Wildman–Crippen MR) is 107 cm³/mol. The molecule has 0 aliphatic heterocycles. The summed E-state index contributed by atoms with van der Waals surface area (Å²) in [6.07, 6.45) is -1.13. The topological polar surface area (TPSA) is 128 Å². The number of esters is 3. The molecule has 2 N–H and O–H groups in total. The van der Waals surface area contributed by atoms with Crippen LogP contribution in [0.1, 0.15) is 78.1 Å². The predicted octanol–water partition coefficient (Wildman–Crippen LogP) is 2.97. The molecule has 1 atom stereocenters. The maximum absolute atomic E-state index is 12.8. The number of aromatic nitrogens is 2. The average Bonchev–Trinajstić information content (AvgIpc) is 3.15. The number of aromatic amines is 2. The summed E-state index contributed by atoms with van der Waals surface area (Å²) in [5, 5.41) is 0. The molecule has 0 fully saturated rings. The summed E-state index contributed by atoms with van der Waals surface area (Å²) < 4.78 is 15.1. The van der Waals surface area contributed by atoms with Gasteiger partial charge in [0.25, 0.3) is 0 Å². The Morgan fingerprint density at radius 3 is 1.87 bits per heavy atom. The highest BCUT2D eigenvalue weighted by molar-refractivity contribution is 6.05. The fourth-order valence-corrected chi connectivity index (χ4v) is 3.34. The molecule has 2 aromatic rings. The molecule has 0 saturated heterocycles. The highest BCUT2D eigenvalue weighted by atomic mass is 16.5. The molecule has 2 rings (SSSR count). The molecule has 0 unspecified atom stereocenters. The molecule has 0 saturated carbocycles. The maximum Gasteiger partial charge on any atom is 0.355 e. The van der Waals surface area contributed by atoms with E-state index in [-0.39, 0.29) is 29.1 Å². The van der Waals surface area contributed by atoms with E-state index in [2.05, 4.69) is 9.97 Å². The number of nitrogens with one attached hydrogen (secondary N) is 2. The van der Waals surface area contributed by atoms with Crippen molar-refractivity contribution in [2.45, 2.75) is 47.6 Å². The monoisotopic (exact) mass is 418 g/mol. The van der Waals surface area contributed by atoms with Crippen LogP contribution in [0.2, 0.25) is 0 Å². The molecular formula is C21H26N2O7. The lowest BCUT2D eigenvalue weighted by Gasteiger charge is -2.12. The molecule has 9 nitrogen and oxygen atoms in total. The standard InChI is InChI=1S/C21H26N2O7/c1-8-29-20(26)15-10(3)17(23-12(15)5)21(27)30-13(6)18(24)16-9(2)14(11(4)22-16)19(25)28-7/h13,22-23H,8H2,1-7H3/t13-/m0/s1. The third-order valence-corrected chi connectivity index (χ3v) is 4.85. The minimum absolute atomic E-state index is 0.0739. The first-order valence-electron chi connectivity index (χ1n) is 9.43. The first-order chi connectivity index (χ1) is 14.0. The van der Waals surface area contributed by atoms with Crippen molar-refractivity contribution in [2.75, 3.05) is 13.7 Å². The lowest BCUT2D eigenvalue weighted by molar-refractivity contribution is 0.0311. The van der Waals surface area contributed by atoms with Crippen molar-refractivity contribution in [3.63, 3.8) is 0 Å². The van der Waals surface area contributed by atoms with E-state index in [1.54, 1.807) is 34.6 Å². The number of hydrogen-bond donors (Lipinski definition) is 2. The van der Waals surface area contributed by atoms with E-state index in [0.29, 0.717) is 22.5 Å². The van der Waals surface area contributed by atoms with Crippen molar-refractivity contribution in [1.29, 1.82) is 0 Å². The molecule has 0 aromatic carbocycles. The Kier molecular flexibility index (Phi) is 6.86. The summed E-state index contributed by atoms with van der Waals surface area (Å²) in [5.41, 5.74) is 2.53. The Hall–Kier alpha value is -3.36. The van der Waals surface area contributed by atoms with E-state index >= 15 is 0 Å². The SMILES string of the molecule is CCOC(=O)c1c(C)[nH]c(C(=O)O[C@@H](C)C(=O)c2[nH]c(C)c(C(=O)OC)c2C)c1C. The van der Waals surface area contributed by atoms with Crippen LogP contribution in [0.25, 0.3) is 0 Å². The van der Waals surface area contributed by atoms with E-state index in [1.807, 2.05) is 0 Å². The van der Waals surface area contributed by atoms with Crippen LogP contribution in [0.4, 0.5) is 0 Å². The van der Waals surface area contributed by atoms with Gasteiger partial charge in [0.15, 0.2) is 6.10 Å². The first kappa shape index (κ1) is 22.9. The zero-order chi connectivity index (χ0) is 22.7. The molecule has 0 bridgehead atoms. The lowest BCUT2D eigenvalue weighted by Crippen LogP contribution is -2.26. The number of hydrogen-bond acceptors (Lipinski definition) is 7. The van der Waals surface area contributed by atoms with Gasteiger partial charge < -0.3 is 24.2 Å². The molecule has 2 heterocycles. The smallest absolute Gasteiger partial charge is 0.355 e. The second-order valence-electron chi connectivity index (χ2n) is 6.87. The van der Waals surface area contributed by atoms with E-state index in [1.165, 1.54) is 14.0 Å². The van der Waals surface area contributed by atoms with Crippen LogP contribution < -0.4 is 0 Å². The third-order valence-electron chi connectivity index (χ3n) is 4.85. The van der Waals surface area contributed by atoms with Crippen LogP contribution >= 0.6 is 0 Å². The third kappa shape index (κ3) is 4.14. The molecule has 0 aliphatic rings. The van der Waals surface area contributed by atoms with Gasteiger partial charge in [0, 0.05) is 11.4 Å². The lowest BCUT2D eigenvalue weighted by atomic mass is 10.1. The van der Waals surface area contributed by atoms with Gasteiger partial charge >= 0.3 is 17.9 Å². The molecule has 2 aromatic heterocycles. The van der Waals surface area contributed by atoms with Crippen LogP contribution in [0.5, 0.6) is 0 Å². The van der Waals surface area contributed by atoms with Gasteiger partial charge in [0.1, 0.15) is 5.69 Å². The Bertz CT molecular complexity index is 1010. The number of rotatable bonds is 7. The summed E-state index contributed by atoms with van der Waals surface area (Å²) in [5.74, 6) is -2.37. The molecule has 162 valence electrons.